The standard InChI is InChI=1S/C28H30FN5O.C18H19FN4/c1-18-5-4-6-22(13-18)20(3)32-28(35)34-12-11-33(16-19(34)2)27-25-14-23(15-26(25)30-17-31-27)21-7-9-24(29)10-8-21;1-12-10-23(7-6-20-12)18-16-8-14(9-17(16)21-11-22-18)13-2-4-15(19)5-3-13/h4-10,13-14,17,19-20H,11-12,15-16H2,1-3H3,(H,32,35);2-5,8,11-12,20H,6-7,9-10H2,1H3/t19-,20+;12-/m11/s1. The third-order valence-electron chi connectivity index (χ3n) is 11.4. The van der Waals surface area contributed by atoms with Crippen molar-refractivity contribution in [1.29, 1.82) is 0 Å². The molecule has 2 aromatic heterocycles. The van der Waals surface area contributed by atoms with E-state index in [9.17, 15) is 13.6 Å². The summed E-state index contributed by atoms with van der Waals surface area (Å²) in [4.78, 5) is 37.6. The molecule has 2 saturated heterocycles. The molecule has 9 rings (SSSR count). The number of urea groups is 1. The summed E-state index contributed by atoms with van der Waals surface area (Å²) in [6.07, 6.45) is 9.02. The molecule has 10 nitrogen and oxygen atoms in total. The molecule has 5 aromatic rings. The number of carbonyl (C=O) groups is 1. The molecule has 2 N–H and O–H groups in total. The lowest BCUT2D eigenvalue weighted by Crippen LogP contribution is -2.57. The number of nitrogens with one attached hydrogen (secondary N) is 2. The normalized spacial score (nSPS) is 19.0. The van der Waals surface area contributed by atoms with E-state index in [1.807, 2.05) is 36.1 Å². The van der Waals surface area contributed by atoms with Crippen LogP contribution in [-0.2, 0) is 12.8 Å². The van der Waals surface area contributed by atoms with Gasteiger partial charge in [0.2, 0.25) is 0 Å². The predicted octanol–water partition coefficient (Wildman–Crippen LogP) is 7.51. The first-order valence-corrected chi connectivity index (χ1v) is 20.1. The smallest absolute Gasteiger partial charge is 0.318 e. The Morgan fingerprint density at radius 1 is 0.759 bits per heavy atom. The zero-order chi connectivity index (χ0) is 40.3. The van der Waals surface area contributed by atoms with Gasteiger partial charge < -0.3 is 25.3 Å². The number of rotatable bonds is 6. The molecule has 12 heteroatoms. The second-order valence-corrected chi connectivity index (χ2v) is 15.7. The molecule has 0 bridgehead atoms. The van der Waals surface area contributed by atoms with Gasteiger partial charge in [0.1, 0.15) is 35.9 Å². The second-order valence-electron chi connectivity index (χ2n) is 15.7. The average molecular weight is 782 g/mol. The molecule has 0 spiro atoms. The van der Waals surface area contributed by atoms with Crippen molar-refractivity contribution in [3.05, 3.63) is 142 Å². The van der Waals surface area contributed by atoms with E-state index in [0.29, 0.717) is 32.1 Å². The maximum atomic E-state index is 13.4. The van der Waals surface area contributed by atoms with Crippen molar-refractivity contribution in [2.75, 3.05) is 49.1 Å². The number of nitrogens with zero attached hydrogens (tertiary/aromatic N) is 7. The molecule has 2 amide bonds. The molecule has 0 saturated carbocycles. The summed E-state index contributed by atoms with van der Waals surface area (Å²) in [5.41, 5.74) is 10.8. The van der Waals surface area contributed by atoms with Gasteiger partial charge >= 0.3 is 6.03 Å². The molecule has 4 aliphatic rings. The highest BCUT2D eigenvalue weighted by atomic mass is 19.1. The summed E-state index contributed by atoms with van der Waals surface area (Å²) in [6, 6.07) is 21.8. The van der Waals surface area contributed by atoms with Crippen LogP contribution in [0.2, 0.25) is 0 Å². The first-order chi connectivity index (χ1) is 28.1. The molecule has 2 aliphatic heterocycles. The minimum atomic E-state index is -0.241. The molecule has 0 unspecified atom stereocenters. The maximum absolute atomic E-state index is 13.4. The van der Waals surface area contributed by atoms with Gasteiger partial charge in [0, 0.05) is 75.3 Å². The Bertz CT molecular complexity index is 2350. The van der Waals surface area contributed by atoms with Crippen LogP contribution in [0.5, 0.6) is 0 Å². The van der Waals surface area contributed by atoms with Gasteiger partial charge in [0.15, 0.2) is 0 Å². The molecule has 58 heavy (non-hydrogen) atoms. The zero-order valence-electron chi connectivity index (χ0n) is 33.4. The highest BCUT2D eigenvalue weighted by molar-refractivity contribution is 5.92. The van der Waals surface area contributed by atoms with Gasteiger partial charge in [-0.05, 0) is 91.9 Å². The van der Waals surface area contributed by atoms with Crippen LogP contribution in [0.25, 0.3) is 23.3 Å². The van der Waals surface area contributed by atoms with Crippen LogP contribution < -0.4 is 20.4 Å². The van der Waals surface area contributed by atoms with Crippen molar-refractivity contribution in [2.45, 2.75) is 58.7 Å². The van der Waals surface area contributed by atoms with Crippen LogP contribution in [0.15, 0.2) is 85.5 Å². The van der Waals surface area contributed by atoms with E-state index in [1.165, 1.54) is 35.4 Å². The topological polar surface area (TPSA) is 102 Å². The SMILES string of the molecule is C[C@@H]1CN(c2ncnc3c2C=C(c2ccc(F)cc2)C3)CCN1.Cc1cccc([C@H](C)NC(=O)N2CCN(c3ncnc4c3C=C(c3ccc(F)cc3)C4)C[C@H]2C)c1. The van der Waals surface area contributed by atoms with E-state index in [-0.39, 0.29) is 29.7 Å². The van der Waals surface area contributed by atoms with E-state index < -0.39 is 0 Å². The predicted molar refractivity (Wildman–Crippen MR) is 226 cm³/mol. The van der Waals surface area contributed by atoms with Gasteiger partial charge in [-0.2, -0.15) is 0 Å². The molecule has 3 atom stereocenters. The third-order valence-corrected chi connectivity index (χ3v) is 11.4. The third kappa shape index (κ3) is 8.47. The number of aryl methyl sites for hydroxylation is 1. The van der Waals surface area contributed by atoms with Crippen molar-refractivity contribution < 1.29 is 13.6 Å². The number of piperazine rings is 2. The Morgan fingerprint density at radius 3 is 1.86 bits per heavy atom. The first kappa shape index (κ1) is 38.8. The molecule has 2 fully saturated rings. The van der Waals surface area contributed by atoms with Crippen LogP contribution in [0.4, 0.5) is 25.2 Å². The van der Waals surface area contributed by atoms with Crippen LogP contribution in [0, 0.1) is 18.6 Å². The lowest BCUT2D eigenvalue weighted by molar-refractivity contribution is 0.168. The van der Waals surface area contributed by atoms with Crippen molar-refractivity contribution in [2.24, 2.45) is 0 Å². The number of anilines is 2. The van der Waals surface area contributed by atoms with E-state index >= 15 is 0 Å². The summed E-state index contributed by atoms with van der Waals surface area (Å²) < 4.78 is 26.5. The molecule has 298 valence electrons. The zero-order valence-corrected chi connectivity index (χ0v) is 33.4. The number of benzene rings is 3. The summed E-state index contributed by atoms with van der Waals surface area (Å²) in [6.45, 7) is 13.2. The highest BCUT2D eigenvalue weighted by Gasteiger charge is 2.31. The van der Waals surface area contributed by atoms with Gasteiger partial charge in [0.25, 0.3) is 0 Å². The Kier molecular flexibility index (Phi) is 11.3. The van der Waals surface area contributed by atoms with Crippen molar-refractivity contribution in [1.82, 2.24) is 35.5 Å². The number of carbonyl (C=O) groups excluding carboxylic acids is 1. The Morgan fingerprint density at radius 2 is 1.33 bits per heavy atom. The molecular formula is C46H49F2N9O. The van der Waals surface area contributed by atoms with Gasteiger partial charge in [-0.15, -0.1) is 0 Å². The Balaban J connectivity index is 0.000000176. The van der Waals surface area contributed by atoms with E-state index in [1.54, 1.807) is 24.8 Å². The van der Waals surface area contributed by atoms with Gasteiger partial charge in [0.05, 0.1) is 17.4 Å². The fraction of sp³-hybridized carbons (Fsp3) is 0.326. The number of aromatic nitrogens is 4. The molecular weight excluding hydrogens is 733 g/mol. The number of fused-ring (bicyclic) bond motifs is 2. The second kappa shape index (κ2) is 16.8. The summed E-state index contributed by atoms with van der Waals surface area (Å²) in [5, 5.41) is 6.61. The highest BCUT2D eigenvalue weighted by Crippen LogP contribution is 2.37. The maximum Gasteiger partial charge on any atom is 0.318 e. The largest absolute Gasteiger partial charge is 0.353 e. The lowest BCUT2D eigenvalue weighted by atomic mass is 10.1. The van der Waals surface area contributed by atoms with Crippen molar-refractivity contribution >= 4 is 41.0 Å². The average Bonchev–Trinajstić information content (AvgIpc) is 3.87. The van der Waals surface area contributed by atoms with Crippen LogP contribution in [0.1, 0.15) is 71.6 Å². The van der Waals surface area contributed by atoms with Gasteiger partial charge in [-0.3, -0.25) is 0 Å². The quantitative estimate of drug-likeness (QED) is 0.183. The molecule has 4 heterocycles. The minimum absolute atomic E-state index is 0.0287. The Labute approximate surface area is 338 Å². The monoisotopic (exact) mass is 781 g/mol. The van der Waals surface area contributed by atoms with Crippen molar-refractivity contribution in [3.63, 3.8) is 0 Å². The number of allylic oxidation sites excluding steroid dienone is 2. The summed E-state index contributed by atoms with van der Waals surface area (Å²) >= 11 is 0. The van der Waals surface area contributed by atoms with Crippen molar-refractivity contribution in [3.8, 4) is 0 Å². The van der Waals surface area contributed by atoms with Crippen LogP contribution in [-0.4, -0.2) is 82.2 Å². The van der Waals surface area contributed by atoms with E-state index in [2.05, 4.69) is 85.4 Å². The van der Waals surface area contributed by atoms with Gasteiger partial charge in [-0.1, -0.05) is 54.1 Å². The van der Waals surface area contributed by atoms with E-state index in [4.69, 9.17) is 0 Å². The van der Waals surface area contributed by atoms with E-state index in [0.717, 1.165) is 82.5 Å². The molecule has 2 aliphatic carbocycles. The number of halogens is 2. The summed E-state index contributed by atoms with van der Waals surface area (Å²) in [7, 11) is 0. The lowest BCUT2D eigenvalue weighted by Gasteiger charge is -2.41. The minimum Gasteiger partial charge on any atom is -0.353 e. The Hall–Kier alpha value is -6.01. The number of amides is 2. The number of hydrogen-bond acceptors (Lipinski definition) is 8. The number of hydrogen-bond donors (Lipinski definition) is 2. The molecule has 0 radical (unpaired) electrons. The van der Waals surface area contributed by atoms with Gasteiger partial charge in [-0.25, -0.2) is 33.5 Å². The first-order valence-electron chi connectivity index (χ1n) is 20.1. The molecule has 3 aromatic carbocycles. The fourth-order valence-electron chi connectivity index (χ4n) is 8.30. The summed E-state index contributed by atoms with van der Waals surface area (Å²) in [5.74, 6) is 1.46. The van der Waals surface area contributed by atoms with Crippen LogP contribution >= 0.6 is 0 Å². The van der Waals surface area contributed by atoms with Crippen LogP contribution in [0.3, 0.4) is 0 Å². The fourth-order valence-corrected chi connectivity index (χ4v) is 8.30.